The molecule has 0 saturated heterocycles. The number of hydrogen-bond acceptors (Lipinski definition) is 3. The number of carbonyl (C=O) groups is 1. The SMILES string of the molecule is O=C(Nc1ccccc1OC(F)F)c1cc2ccccc2c(=O)[nH]1. The minimum Gasteiger partial charge on any atom is -0.433 e. The van der Waals surface area contributed by atoms with Crippen molar-refractivity contribution in [3.8, 4) is 5.75 Å². The first-order valence-corrected chi connectivity index (χ1v) is 7.02. The summed E-state index contributed by atoms with van der Waals surface area (Å²) in [5.74, 6) is -0.799. The third kappa shape index (κ3) is 3.24. The summed E-state index contributed by atoms with van der Waals surface area (Å²) in [5, 5.41) is 3.51. The molecule has 5 nitrogen and oxygen atoms in total. The zero-order valence-electron chi connectivity index (χ0n) is 12.3. The van der Waals surface area contributed by atoms with Gasteiger partial charge in [0.1, 0.15) is 11.4 Å². The molecule has 0 aliphatic heterocycles. The molecule has 0 bridgehead atoms. The van der Waals surface area contributed by atoms with Crippen LogP contribution in [0.5, 0.6) is 5.75 Å². The van der Waals surface area contributed by atoms with Crippen molar-refractivity contribution in [2.45, 2.75) is 6.61 Å². The van der Waals surface area contributed by atoms with Gasteiger partial charge in [0, 0.05) is 5.39 Å². The standard InChI is InChI=1S/C17H12F2N2O3/c18-17(19)24-14-8-4-3-7-12(14)20-16(23)13-9-10-5-1-2-6-11(10)15(22)21-13/h1-9,17H,(H,20,23)(H,21,22). The van der Waals surface area contributed by atoms with Gasteiger partial charge in [0.15, 0.2) is 0 Å². The number of halogens is 2. The molecule has 0 spiro atoms. The molecule has 3 aromatic rings. The van der Waals surface area contributed by atoms with Crippen molar-refractivity contribution in [3.63, 3.8) is 0 Å². The Labute approximate surface area is 134 Å². The number of nitrogens with one attached hydrogen (secondary N) is 2. The number of aromatic amines is 1. The molecule has 0 unspecified atom stereocenters. The van der Waals surface area contributed by atoms with E-state index >= 15 is 0 Å². The summed E-state index contributed by atoms with van der Waals surface area (Å²) in [6.45, 7) is -3.01. The van der Waals surface area contributed by atoms with Gasteiger partial charge in [-0.15, -0.1) is 0 Å². The number of alkyl halides is 2. The maximum atomic E-state index is 12.4. The lowest BCUT2D eigenvalue weighted by Gasteiger charge is -2.11. The number of amides is 1. The van der Waals surface area contributed by atoms with E-state index in [2.05, 4.69) is 15.0 Å². The average molecular weight is 330 g/mol. The van der Waals surface area contributed by atoms with Crippen molar-refractivity contribution >= 4 is 22.4 Å². The smallest absolute Gasteiger partial charge is 0.387 e. The third-order valence-electron chi connectivity index (χ3n) is 3.35. The number of pyridine rings is 1. The molecule has 122 valence electrons. The average Bonchev–Trinajstić information content (AvgIpc) is 2.56. The van der Waals surface area contributed by atoms with Gasteiger partial charge in [0.05, 0.1) is 5.69 Å². The van der Waals surface area contributed by atoms with Crippen LogP contribution in [0.25, 0.3) is 10.8 Å². The second kappa shape index (κ2) is 6.49. The van der Waals surface area contributed by atoms with Gasteiger partial charge in [-0.25, -0.2) is 0 Å². The third-order valence-corrected chi connectivity index (χ3v) is 3.35. The molecule has 24 heavy (non-hydrogen) atoms. The monoisotopic (exact) mass is 330 g/mol. The van der Waals surface area contributed by atoms with Crippen LogP contribution in [0.15, 0.2) is 59.4 Å². The molecular weight excluding hydrogens is 318 g/mol. The van der Waals surface area contributed by atoms with E-state index in [1.807, 2.05) is 0 Å². The highest BCUT2D eigenvalue weighted by Crippen LogP contribution is 2.26. The Morgan fingerprint density at radius 2 is 1.79 bits per heavy atom. The second-order valence-corrected chi connectivity index (χ2v) is 4.93. The maximum Gasteiger partial charge on any atom is 0.387 e. The minimum atomic E-state index is -3.01. The quantitative estimate of drug-likeness (QED) is 0.770. The van der Waals surface area contributed by atoms with Gasteiger partial charge < -0.3 is 15.0 Å². The summed E-state index contributed by atoms with van der Waals surface area (Å²) in [5.41, 5.74) is -0.308. The molecule has 1 heterocycles. The molecular formula is C17H12F2N2O3. The second-order valence-electron chi connectivity index (χ2n) is 4.93. The van der Waals surface area contributed by atoms with Gasteiger partial charge in [-0.2, -0.15) is 8.78 Å². The Hall–Kier alpha value is -3.22. The Morgan fingerprint density at radius 3 is 2.58 bits per heavy atom. The molecule has 0 radical (unpaired) electrons. The number of anilines is 1. The highest BCUT2D eigenvalue weighted by molar-refractivity contribution is 6.05. The number of rotatable bonds is 4. The van der Waals surface area contributed by atoms with Crippen LogP contribution in [-0.4, -0.2) is 17.5 Å². The Kier molecular flexibility index (Phi) is 4.24. The van der Waals surface area contributed by atoms with Crippen molar-refractivity contribution < 1.29 is 18.3 Å². The number of fused-ring (bicyclic) bond motifs is 1. The van der Waals surface area contributed by atoms with E-state index in [0.717, 1.165) is 0 Å². The molecule has 2 N–H and O–H groups in total. The van der Waals surface area contributed by atoms with Crippen LogP contribution in [-0.2, 0) is 0 Å². The first-order chi connectivity index (χ1) is 11.5. The number of hydrogen-bond donors (Lipinski definition) is 2. The molecule has 0 aliphatic rings. The highest BCUT2D eigenvalue weighted by atomic mass is 19.3. The lowest BCUT2D eigenvalue weighted by atomic mass is 10.1. The minimum absolute atomic E-state index is 0.0190. The molecule has 3 rings (SSSR count). The van der Waals surface area contributed by atoms with Crippen molar-refractivity contribution in [1.82, 2.24) is 4.98 Å². The first-order valence-electron chi connectivity index (χ1n) is 7.02. The van der Waals surface area contributed by atoms with Gasteiger partial charge >= 0.3 is 6.61 Å². The summed E-state index contributed by atoms with van der Waals surface area (Å²) >= 11 is 0. The Bertz CT molecular complexity index is 954. The largest absolute Gasteiger partial charge is 0.433 e. The van der Waals surface area contributed by atoms with E-state index in [1.165, 1.54) is 24.3 Å². The number of para-hydroxylation sites is 2. The Morgan fingerprint density at radius 1 is 1.08 bits per heavy atom. The van der Waals surface area contributed by atoms with Crippen LogP contribution in [0, 0.1) is 0 Å². The summed E-state index contributed by atoms with van der Waals surface area (Å²) in [7, 11) is 0. The van der Waals surface area contributed by atoms with Gasteiger partial charge in [0.2, 0.25) is 0 Å². The summed E-state index contributed by atoms with van der Waals surface area (Å²) < 4.78 is 29.2. The first kappa shape index (κ1) is 15.7. The van der Waals surface area contributed by atoms with Crippen molar-refractivity contribution in [2.75, 3.05) is 5.32 Å². The van der Waals surface area contributed by atoms with Crippen molar-refractivity contribution in [2.24, 2.45) is 0 Å². The lowest BCUT2D eigenvalue weighted by molar-refractivity contribution is -0.0493. The van der Waals surface area contributed by atoms with E-state index in [1.54, 1.807) is 30.3 Å². The predicted octanol–water partition coefficient (Wildman–Crippen LogP) is 3.38. The highest BCUT2D eigenvalue weighted by Gasteiger charge is 2.14. The maximum absolute atomic E-state index is 12.4. The zero-order chi connectivity index (χ0) is 17.1. The number of H-pyrrole nitrogens is 1. The van der Waals surface area contributed by atoms with Gasteiger partial charge in [-0.05, 0) is 29.7 Å². The van der Waals surface area contributed by atoms with E-state index in [-0.39, 0.29) is 17.1 Å². The fraction of sp³-hybridized carbons (Fsp3) is 0.0588. The molecule has 0 aliphatic carbocycles. The zero-order valence-corrected chi connectivity index (χ0v) is 12.3. The lowest BCUT2D eigenvalue weighted by Crippen LogP contribution is -2.19. The van der Waals surface area contributed by atoms with Crippen LogP contribution in [0.1, 0.15) is 10.5 Å². The van der Waals surface area contributed by atoms with Crippen LogP contribution in [0.3, 0.4) is 0 Å². The molecule has 0 fully saturated rings. The molecule has 0 atom stereocenters. The predicted molar refractivity (Wildman–Crippen MR) is 85.6 cm³/mol. The molecule has 2 aromatic carbocycles. The normalized spacial score (nSPS) is 10.8. The van der Waals surface area contributed by atoms with Crippen molar-refractivity contribution in [1.29, 1.82) is 0 Å². The van der Waals surface area contributed by atoms with E-state index < -0.39 is 18.1 Å². The van der Waals surface area contributed by atoms with Gasteiger partial charge in [0.25, 0.3) is 11.5 Å². The van der Waals surface area contributed by atoms with Crippen LogP contribution < -0.4 is 15.6 Å². The molecule has 0 saturated carbocycles. The number of benzene rings is 2. The number of carbonyl (C=O) groups excluding carboxylic acids is 1. The fourth-order valence-corrected chi connectivity index (χ4v) is 2.29. The van der Waals surface area contributed by atoms with Crippen LogP contribution >= 0.6 is 0 Å². The van der Waals surface area contributed by atoms with Crippen LogP contribution in [0.2, 0.25) is 0 Å². The van der Waals surface area contributed by atoms with E-state index in [0.29, 0.717) is 10.8 Å². The molecule has 1 aromatic heterocycles. The van der Waals surface area contributed by atoms with E-state index in [9.17, 15) is 18.4 Å². The Balaban J connectivity index is 1.92. The van der Waals surface area contributed by atoms with Gasteiger partial charge in [-0.3, -0.25) is 9.59 Å². The topological polar surface area (TPSA) is 71.2 Å². The van der Waals surface area contributed by atoms with Crippen molar-refractivity contribution in [3.05, 3.63) is 70.6 Å². The number of ether oxygens (including phenoxy) is 1. The summed E-state index contributed by atoms with van der Waals surface area (Å²) in [4.78, 5) is 26.8. The van der Waals surface area contributed by atoms with E-state index in [4.69, 9.17) is 0 Å². The molecule has 7 heteroatoms. The van der Waals surface area contributed by atoms with Crippen LogP contribution in [0.4, 0.5) is 14.5 Å². The number of aromatic nitrogens is 1. The summed E-state index contributed by atoms with van der Waals surface area (Å²) in [6, 6.07) is 14.1. The summed E-state index contributed by atoms with van der Waals surface area (Å²) in [6.07, 6.45) is 0. The van der Waals surface area contributed by atoms with Gasteiger partial charge in [-0.1, -0.05) is 30.3 Å². The molecule has 1 amide bonds. The fourth-order valence-electron chi connectivity index (χ4n) is 2.29.